The van der Waals surface area contributed by atoms with Crippen molar-refractivity contribution in [3.05, 3.63) is 51.8 Å². The number of halogens is 2. The van der Waals surface area contributed by atoms with E-state index in [4.69, 9.17) is 0 Å². The van der Waals surface area contributed by atoms with Crippen LogP contribution in [0.3, 0.4) is 0 Å². The number of H-pyrrole nitrogens is 1. The first-order chi connectivity index (χ1) is 11.0. The molecule has 3 rings (SSSR count). The zero-order valence-electron chi connectivity index (χ0n) is 12.1. The Bertz CT molecular complexity index is 767. The van der Waals surface area contributed by atoms with Crippen LogP contribution in [-0.4, -0.2) is 22.6 Å². The minimum absolute atomic E-state index is 0.0394. The van der Waals surface area contributed by atoms with Crippen molar-refractivity contribution < 1.29 is 18.1 Å². The highest BCUT2D eigenvalue weighted by Crippen LogP contribution is 2.38. The van der Waals surface area contributed by atoms with E-state index >= 15 is 0 Å². The molecule has 0 unspecified atom stereocenters. The third-order valence-corrected chi connectivity index (χ3v) is 3.97. The Balaban J connectivity index is 1.63. The minimum Gasteiger partial charge on any atom is -0.349 e. The highest BCUT2D eigenvalue weighted by atomic mass is 19.1. The van der Waals surface area contributed by atoms with E-state index in [1.54, 1.807) is 0 Å². The molecule has 0 bridgehead atoms. The maximum atomic E-state index is 13.8. The number of nitrogens with one attached hydrogen (secondary N) is 2. The van der Waals surface area contributed by atoms with Crippen molar-refractivity contribution in [1.29, 1.82) is 0 Å². The predicted octanol–water partition coefficient (Wildman–Crippen LogP) is 1.64. The van der Waals surface area contributed by atoms with E-state index in [1.165, 1.54) is 12.1 Å². The second kappa shape index (κ2) is 6.31. The van der Waals surface area contributed by atoms with E-state index in [-0.39, 0.29) is 11.7 Å². The lowest BCUT2D eigenvalue weighted by Gasteiger charge is -2.17. The van der Waals surface area contributed by atoms with Crippen LogP contribution in [0.4, 0.5) is 8.78 Å². The fourth-order valence-electron chi connectivity index (χ4n) is 2.58. The Morgan fingerprint density at radius 2 is 2.22 bits per heavy atom. The SMILES string of the molecule is O=C(NC[C@H](Cc1ccc(F)cc1F)C1CC1)c1noc(=O)[nH]1. The molecule has 122 valence electrons. The standard InChI is InChI=1S/C15H15F2N3O3/c16-11-4-3-9(12(17)6-11)5-10(8-1-2-8)7-18-14(21)13-19-15(22)23-20-13/h3-4,6,8,10H,1-2,5,7H2,(H,18,21)(H,19,20,22)/t10-/m0/s1. The summed E-state index contributed by atoms with van der Waals surface area (Å²) in [6, 6.07) is 3.51. The molecular formula is C15H15F2N3O3. The Labute approximate surface area is 129 Å². The van der Waals surface area contributed by atoms with Crippen molar-refractivity contribution >= 4 is 5.91 Å². The average Bonchev–Trinajstić information content (AvgIpc) is 3.26. The lowest BCUT2D eigenvalue weighted by atomic mass is 9.94. The monoisotopic (exact) mass is 323 g/mol. The van der Waals surface area contributed by atoms with Gasteiger partial charge in [-0.25, -0.2) is 13.6 Å². The van der Waals surface area contributed by atoms with Gasteiger partial charge in [-0.15, -0.1) is 0 Å². The smallest absolute Gasteiger partial charge is 0.349 e. The van der Waals surface area contributed by atoms with Crippen LogP contribution in [0.25, 0.3) is 0 Å². The van der Waals surface area contributed by atoms with Gasteiger partial charge in [-0.2, -0.15) is 0 Å². The molecule has 1 aliphatic carbocycles. The third kappa shape index (κ3) is 3.82. The summed E-state index contributed by atoms with van der Waals surface area (Å²) in [6.07, 6.45) is 2.45. The Hall–Kier alpha value is -2.51. The van der Waals surface area contributed by atoms with Crippen LogP contribution in [0.15, 0.2) is 27.5 Å². The molecule has 1 saturated carbocycles. The highest BCUT2D eigenvalue weighted by Gasteiger charge is 2.32. The molecule has 2 aromatic rings. The van der Waals surface area contributed by atoms with Gasteiger partial charge in [0.15, 0.2) is 0 Å². The fourth-order valence-corrected chi connectivity index (χ4v) is 2.58. The number of hydrogen-bond acceptors (Lipinski definition) is 4. The second-order valence-electron chi connectivity index (χ2n) is 5.69. The summed E-state index contributed by atoms with van der Waals surface area (Å²) in [5, 5.41) is 5.96. The molecule has 1 heterocycles. The van der Waals surface area contributed by atoms with Crippen molar-refractivity contribution in [2.24, 2.45) is 11.8 Å². The zero-order valence-corrected chi connectivity index (χ0v) is 12.1. The van der Waals surface area contributed by atoms with Gasteiger partial charge in [0.25, 0.3) is 5.91 Å². The van der Waals surface area contributed by atoms with Gasteiger partial charge in [0.1, 0.15) is 11.6 Å². The van der Waals surface area contributed by atoms with Crippen LogP contribution in [0, 0.1) is 23.5 Å². The number of aromatic nitrogens is 2. The van der Waals surface area contributed by atoms with Crippen molar-refractivity contribution in [3.8, 4) is 0 Å². The molecule has 1 aliphatic rings. The number of carbonyl (C=O) groups is 1. The second-order valence-corrected chi connectivity index (χ2v) is 5.69. The van der Waals surface area contributed by atoms with Gasteiger partial charge in [-0.1, -0.05) is 6.07 Å². The minimum atomic E-state index is -0.803. The van der Waals surface area contributed by atoms with Crippen molar-refractivity contribution in [2.45, 2.75) is 19.3 Å². The number of nitrogens with zero attached hydrogens (tertiary/aromatic N) is 1. The van der Waals surface area contributed by atoms with Crippen LogP contribution in [0.1, 0.15) is 29.0 Å². The van der Waals surface area contributed by atoms with Gasteiger partial charge in [0.2, 0.25) is 5.82 Å². The number of rotatable bonds is 6. The molecule has 1 fully saturated rings. The first-order valence-electron chi connectivity index (χ1n) is 7.31. The maximum Gasteiger partial charge on any atom is 0.439 e. The summed E-state index contributed by atoms with van der Waals surface area (Å²) in [6.45, 7) is 0.315. The van der Waals surface area contributed by atoms with Crippen LogP contribution < -0.4 is 11.1 Å². The molecule has 0 saturated heterocycles. The third-order valence-electron chi connectivity index (χ3n) is 3.97. The van der Waals surface area contributed by atoms with Crippen molar-refractivity contribution in [1.82, 2.24) is 15.5 Å². The van der Waals surface area contributed by atoms with Crippen molar-refractivity contribution in [3.63, 3.8) is 0 Å². The van der Waals surface area contributed by atoms with Gasteiger partial charge in [0, 0.05) is 12.6 Å². The Morgan fingerprint density at radius 1 is 1.43 bits per heavy atom. The van der Waals surface area contributed by atoms with E-state index in [1.807, 2.05) is 0 Å². The first kappa shape index (κ1) is 15.4. The number of amides is 1. The van der Waals surface area contributed by atoms with E-state index < -0.39 is 23.3 Å². The first-order valence-corrected chi connectivity index (χ1v) is 7.31. The molecule has 1 atom stereocenters. The van der Waals surface area contributed by atoms with Crippen LogP contribution in [-0.2, 0) is 6.42 Å². The molecule has 6 nitrogen and oxygen atoms in total. The van der Waals surface area contributed by atoms with Gasteiger partial charge >= 0.3 is 5.76 Å². The van der Waals surface area contributed by atoms with Gasteiger partial charge in [-0.05, 0) is 47.9 Å². The summed E-state index contributed by atoms with van der Waals surface area (Å²) in [5.74, 6) is -2.31. The zero-order chi connectivity index (χ0) is 16.4. The molecular weight excluding hydrogens is 308 g/mol. The summed E-state index contributed by atoms with van der Waals surface area (Å²) >= 11 is 0. The molecule has 23 heavy (non-hydrogen) atoms. The van der Waals surface area contributed by atoms with Gasteiger partial charge < -0.3 is 5.32 Å². The molecule has 1 aromatic heterocycles. The lowest BCUT2D eigenvalue weighted by Crippen LogP contribution is -2.32. The molecule has 0 radical (unpaired) electrons. The van der Waals surface area contributed by atoms with Crippen LogP contribution in [0.2, 0.25) is 0 Å². The number of benzene rings is 1. The average molecular weight is 323 g/mol. The fraction of sp³-hybridized carbons (Fsp3) is 0.400. The molecule has 1 aromatic carbocycles. The molecule has 2 N–H and O–H groups in total. The Kier molecular flexibility index (Phi) is 4.22. The van der Waals surface area contributed by atoms with E-state index in [9.17, 15) is 18.4 Å². The van der Waals surface area contributed by atoms with Gasteiger partial charge in [-0.3, -0.25) is 14.3 Å². The summed E-state index contributed by atoms with van der Waals surface area (Å²) in [5.41, 5.74) is 0.424. The topological polar surface area (TPSA) is 88.0 Å². The van der Waals surface area contributed by atoms with E-state index in [0.717, 1.165) is 18.9 Å². The number of carbonyl (C=O) groups excluding carboxylic acids is 1. The molecule has 0 spiro atoms. The maximum absolute atomic E-state index is 13.8. The quantitative estimate of drug-likeness (QED) is 0.846. The largest absolute Gasteiger partial charge is 0.439 e. The van der Waals surface area contributed by atoms with Gasteiger partial charge in [0.05, 0.1) is 0 Å². The number of hydrogen-bond donors (Lipinski definition) is 2. The van der Waals surface area contributed by atoms with E-state index in [2.05, 4.69) is 20.0 Å². The summed E-state index contributed by atoms with van der Waals surface area (Å²) in [7, 11) is 0. The highest BCUT2D eigenvalue weighted by molar-refractivity contribution is 5.90. The lowest BCUT2D eigenvalue weighted by molar-refractivity contribution is 0.0932. The summed E-state index contributed by atoms with van der Waals surface area (Å²) in [4.78, 5) is 24.8. The number of aromatic amines is 1. The molecule has 8 heteroatoms. The summed E-state index contributed by atoms with van der Waals surface area (Å²) < 4.78 is 31.0. The van der Waals surface area contributed by atoms with Crippen LogP contribution >= 0.6 is 0 Å². The molecule has 0 aliphatic heterocycles. The van der Waals surface area contributed by atoms with E-state index in [0.29, 0.717) is 24.4 Å². The molecule has 1 amide bonds. The predicted molar refractivity (Wildman–Crippen MR) is 75.7 cm³/mol. The Morgan fingerprint density at radius 3 is 2.83 bits per heavy atom. The van der Waals surface area contributed by atoms with Crippen LogP contribution in [0.5, 0.6) is 0 Å². The van der Waals surface area contributed by atoms with Crippen molar-refractivity contribution in [2.75, 3.05) is 6.54 Å². The normalized spacial score (nSPS) is 15.4.